The first kappa shape index (κ1) is 11.6. The molecule has 0 saturated carbocycles. The maximum atomic E-state index is 3.87. The number of hydrogen-bond acceptors (Lipinski definition) is 4. The first-order chi connectivity index (χ1) is 8.29. The molecular formula is C12H17N5. The molecule has 90 valence electrons. The highest BCUT2D eigenvalue weighted by atomic mass is 15.5. The number of rotatable bonds is 5. The minimum atomic E-state index is 0.673. The fraction of sp³-hybridized carbons (Fsp3) is 0.417. The molecule has 0 aliphatic rings. The molecule has 5 nitrogen and oxygen atoms in total. The molecule has 1 unspecified atom stereocenters. The maximum Gasteiger partial charge on any atom is 0.143 e. The Morgan fingerprint density at radius 1 is 1.41 bits per heavy atom. The van der Waals surface area contributed by atoms with Crippen molar-refractivity contribution in [2.75, 3.05) is 11.9 Å². The summed E-state index contributed by atoms with van der Waals surface area (Å²) in [5.41, 5.74) is 2.06. The Hall–Kier alpha value is -1.91. The zero-order chi connectivity index (χ0) is 12.1. The van der Waals surface area contributed by atoms with Gasteiger partial charge in [-0.05, 0) is 34.5 Å². The Bertz CT molecular complexity index is 452. The molecule has 0 aliphatic heterocycles. The van der Waals surface area contributed by atoms with Crippen LogP contribution in [0.5, 0.6) is 0 Å². The lowest BCUT2D eigenvalue weighted by Crippen LogP contribution is -2.10. The molecular weight excluding hydrogens is 214 g/mol. The summed E-state index contributed by atoms with van der Waals surface area (Å²) >= 11 is 0. The third-order valence-electron chi connectivity index (χ3n) is 2.81. The van der Waals surface area contributed by atoms with Crippen molar-refractivity contribution in [2.45, 2.75) is 20.3 Å². The molecule has 2 rings (SSSR count). The normalized spacial score (nSPS) is 12.4. The Balaban J connectivity index is 2.07. The molecule has 0 amide bonds. The SMILES string of the molecule is CCC(C)CNc1cccc(-n2cnnn2)c1. The molecule has 1 atom stereocenters. The fourth-order valence-corrected chi connectivity index (χ4v) is 1.47. The standard InChI is InChI=1S/C12H17N5/c1-3-10(2)8-13-11-5-4-6-12(7-11)17-9-14-15-16-17/h4-7,9-10,13H,3,8H2,1-2H3. The van der Waals surface area contributed by atoms with Crippen molar-refractivity contribution in [3.63, 3.8) is 0 Å². The number of tetrazole rings is 1. The van der Waals surface area contributed by atoms with Crippen LogP contribution in [0.3, 0.4) is 0 Å². The van der Waals surface area contributed by atoms with Gasteiger partial charge in [0.05, 0.1) is 5.69 Å². The predicted molar refractivity (Wildman–Crippen MR) is 67.1 cm³/mol. The molecule has 1 N–H and O–H groups in total. The molecule has 2 aromatic rings. The quantitative estimate of drug-likeness (QED) is 0.856. The first-order valence-corrected chi connectivity index (χ1v) is 5.87. The van der Waals surface area contributed by atoms with Crippen molar-refractivity contribution in [1.82, 2.24) is 20.2 Å². The third kappa shape index (κ3) is 3.03. The molecule has 1 heterocycles. The number of nitrogens with zero attached hydrogens (tertiary/aromatic N) is 4. The van der Waals surface area contributed by atoms with Gasteiger partial charge in [0.25, 0.3) is 0 Å². The Morgan fingerprint density at radius 3 is 3.00 bits per heavy atom. The minimum Gasteiger partial charge on any atom is -0.385 e. The smallest absolute Gasteiger partial charge is 0.143 e. The molecule has 0 bridgehead atoms. The van der Waals surface area contributed by atoms with Crippen LogP contribution >= 0.6 is 0 Å². The number of benzene rings is 1. The van der Waals surface area contributed by atoms with E-state index < -0.39 is 0 Å². The molecule has 1 aromatic carbocycles. The maximum absolute atomic E-state index is 3.87. The van der Waals surface area contributed by atoms with Crippen molar-refractivity contribution >= 4 is 5.69 Å². The minimum absolute atomic E-state index is 0.673. The lowest BCUT2D eigenvalue weighted by atomic mass is 10.1. The summed E-state index contributed by atoms with van der Waals surface area (Å²) in [7, 11) is 0. The molecule has 0 saturated heterocycles. The van der Waals surface area contributed by atoms with Crippen molar-refractivity contribution in [3.8, 4) is 5.69 Å². The van der Waals surface area contributed by atoms with E-state index in [2.05, 4.69) is 40.8 Å². The van der Waals surface area contributed by atoms with Gasteiger partial charge in [0.15, 0.2) is 0 Å². The second kappa shape index (κ2) is 5.43. The number of nitrogens with one attached hydrogen (secondary N) is 1. The fourth-order valence-electron chi connectivity index (χ4n) is 1.47. The molecule has 5 heteroatoms. The van der Waals surface area contributed by atoms with Crippen molar-refractivity contribution in [2.24, 2.45) is 5.92 Å². The highest BCUT2D eigenvalue weighted by Gasteiger charge is 2.01. The molecule has 0 aliphatic carbocycles. The van der Waals surface area contributed by atoms with Crippen molar-refractivity contribution in [3.05, 3.63) is 30.6 Å². The Kier molecular flexibility index (Phi) is 3.69. The summed E-state index contributed by atoms with van der Waals surface area (Å²) in [5.74, 6) is 0.673. The second-order valence-electron chi connectivity index (χ2n) is 4.20. The van der Waals surface area contributed by atoms with Crippen LogP contribution in [-0.2, 0) is 0 Å². The highest BCUT2D eigenvalue weighted by Crippen LogP contribution is 2.14. The van der Waals surface area contributed by atoms with E-state index in [0.717, 1.165) is 17.9 Å². The zero-order valence-corrected chi connectivity index (χ0v) is 10.2. The van der Waals surface area contributed by atoms with Gasteiger partial charge in [0, 0.05) is 12.2 Å². The second-order valence-corrected chi connectivity index (χ2v) is 4.20. The predicted octanol–water partition coefficient (Wildman–Crippen LogP) is 2.12. The van der Waals surface area contributed by atoms with Crippen LogP contribution < -0.4 is 5.32 Å². The molecule has 0 fully saturated rings. The van der Waals surface area contributed by atoms with Gasteiger partial charge in [-0.2, -0.15) is 0 Å². The van der Waals surface area contributed by atoms with Gasteiger partial charge in [-0.15, -0.1) is 5.10 Å². The van der Waals surface area contributed by atoms with Gasteiger partial charge in [-0.3, -0.25) is 0 Å². The molecule has 0 radical (unpaired) electrons. The summed E-state index contributed by atoms with van der Waals surface area (Å²) < 4.78 is 1.65. The molecule has 17 heavy (non-hydrogen) atoms. The molecule has 0 spiro atoms. The van der Waals surface area contributed by atoms with E-state index in [1.165, 1.54) is 6.42 Å². The van der Waals surface area contributed by atoms with Crippen LogP contribution in [0, 0.1) is 5.92 Å². The van der Waals surface area contributed by atoms with Crippen LogP contribution in [-0.4, -0.2) is 26.8 Å². The van der Waals surface area contributed by atoms with E-state index in [-0.39, 0.29) is 0 Å². The van der Waals surface area contributed by atoms with Gasteiger partial charge >= 0.3 is 0 Å². The number of aromatic nitrogens is 4. The van der Waals surface area contributed by atoms with Gasteiger partial charge < -0.3 is 5.32 Å². The summed E-state index contributed by atoms with van der Waals surface area (Å²) in [4.78, 5) is 0. The van der Waals surface area contributed by atoms with Crippen LogP contribution in [0.25, 0.3) is 5.69 Å². The largest absolute Gasteiger partial charge is 0.385 e. The lowest BCUT2D eigenvalue weighted by molar-refractivity contribution is 0.593. The van der Waals surface area contributed by atoms with E-state index in [9.17, 15) is 0 Å². The van der Waals surface area contributed by atoms with E-state index in [1.54, 1.807) is 11.0 Å². The van der Waals surface area contributed by atoms with Crippen molar-refractivity contribution in [1.29, 1.82) is 0 Å². The number of hydrogen-bond donors (Lipinski definition) is 1. The van der Waals surface area contributed by atoms with Crippen LogP contribution in [0.2, 0.25) is 0 Å². The van der Waals surface area contributed by atoms with Crippen LogP contribution in [0.1, 0.15) is 20.3 Å². The Morgan fingerprint density at radius 2 is 2.29 bits per heavy atom. The van der Waals surface area contributed by atoms with Gasteiger partial charge in [0.2, 0.25) is 0 Å². The highest BCUT2D eigenvalue weighted by molar-refractivity contribution is 5.50. The average molecular weight is 231 g/mol. The first-order valence-electron chi connectivity index (χ1n) is 5.87. The Labute approximate surface area is 101 Å². The summed E-state index contributed by atoms with van der Waals surface area (Å²) in [6, 6.07) is 8.07. The topological polar surface area (TPSA) is 55.6 Å². The van der Waals surface area contributed by atoms with Gasteiger partial charge in [0.1, 0.15) is 6.33 Å². The van der Waals surface area contributed by atoms with E-state index in [4.69, 9.17) is 0 Å². The monoisotopic (exact) mass is 231 g/mol. The van der Waals surface area contributed by atoms with E-state index >= 15 is 0 Å². The zero-order valence-electron chi connectivity index (χ0n) is 10.2. The molecule has 1 aromatic heterocycles. The van der Waals surface area contributed by atoms with Gasteiger partial charge in [-0.1, -0.05) is 26.3 Å². The third-order valence-corrected chi connectivity index (χ3v) is 2.81. The van der Waals surface area contributed by atoms with E-state index in [1.807, 2.05) is 18.2 Å². The lowest BCUT2D eigenvalue weighted by Gasteiger charge is -2.12. The van der Waals surface area contributed by atoms with Crippen LogP contribution in [0.15, 0.2) is 30.6 Å². The summed E-state index contributed by atoms with van der Waals surface area (Å²) in [5, 5.41) is 14.5. The number of anilines is 1. The average Bonchev–Trinajstić information content (AvgIpc) is 2.90. The van der Waals surface area contributed by atoms with Crippen molar-refractivity contribution < 1.29 is 0 Å². The van der Waals surface area contributed by atoms with Crippen LogP contribution in [0.4, 0.5) is 5.69 Å². The summed E-state index contributed by atoms with van der Waals surface area (Å²) in [6.45, 7) is 5.41. The summed E-state index contributed by atoms with van der Waals surface area (Å²) in [6.07, 6.45) is 2.77. The van der Waals surface area contributed by atoms with E-state index in [0.29, 0.717) is 5.92 Å². The van der Waals surface area contributed by atoms with Gasteiger partial charge in [-0.25, -0.2) is 4.68 Å².